The van der Waals surface area contributed by atoms with E-state index in [4.69, 9.17) is 29.9 Å². The lowest BCUT2D eigenvalue weighted by Crippen LogP contribution is -2.53. The number of aromatic nitrogens is 9. The van der Waals surface area contributed by atoms with Gasteiger partial charge in [-0.25, -0.2) is 15.0 Å². The van der Waals surface area contributed by atoms with Gasteiger partial charge in [0.25, 0.3) is 0 Å². The highest BCUT2D eigenvalue weighted by Gasteiger charge is 2.59. The van der Waals surface area contributed by atoms with Crippen LogP contribution in [-0.4, -0.2) is 60.2 Å². The number of anilines is 6. The highest BCUT2D eigenvalue weighted by molar-refractivity contribution is 5.86. The second-order valence-electron chi connectivity index (χ2n) is 18.3. The molecule has 0 radical (unpaired) electrons. The molecule has 0 N–H and O–H groups in total. The quantitative estimate of drug-likeness (QED) is 0.177. The summed E-state index contributed by atoms with van der Waals surface area (Å²) >= 11 is 0. The van der Waals surface area contributed by atoms with Gasteiger partial charge in [0.15, 0.2) is 0 Å². The Morgan fingerprint density at radius 1 is 0.315 bits per heavy atom. The van der Waals surface area contributed by atoms with Crippen LogP contribution in [-0.2, 0) is 16.6 Å². The molecular formula is C42H48N12. The summed E-state index contributed by atoms with van der Waals surface area (Å²) in [6, 6.07) is 25.0. The van der Waals surface area contributed by atoms with Gasteiger partial charge in [-0.2, -0.15) is 15.0 Å². The summed E-state index contributed by atoms with van der Waals surface area (Å²) in [5, 5.41) is 0. The molecular weight excluding hydrogens is 673 g/mol. The van der Waals surface area contributed by atoms with Crippen molar-refractivity contribution in [2.24, 2.45) is 0 Å². The third kappa shape index (κ3) is 3.64. The van der Waals surface area contributed by atoms with E-state index in [0.717, 1.165) is 50.9 Å². The van der Waals surface area contributed by atoms with E-state index in [-0.39, 0.29) is 16.6 Å². The normalized spacial score (nSPS) is 21.0. The van der Waals surface area contributed by atoms with E-state index in [1.165, 1.54) is 0 Å². The number of hydrogen-bond donors (Lipinski definition) is 0. The second-order valence-corrected chi connectivity index (χ2v) is 18.3. The van der Waals surface area contributed by atoms with E-state index in [2.05, 4.69) is 166 Å². The van der Waals surface area contributed by atoms with Crippen molar-refractivity contribution in [3.63, 3.8) is 0 Å². The standard InChI is InChI=1S/C42H48N12/c1-37(2)40(7,8)52(34-43-25-19-13-16-22-28(25)49(34)37)31-46-32(53-35-44-26-20-14-17-23-29(26)50(35)38(3,4)41(53,9)10)48-33(47-31)54-36-45-27-21-15-18-24-30(27)51(36)39(5,6)42(54,11)12/h13-24H,1-12H3. The third-order valence-corrected chi connectivity index (χ3v) is 14.3. The van der Waals surface area contributed by atoms with Crippen LogP contribution in [0, 0.1) is 0 Å². The molecule has 4 aromatic heterocycles. The molecule has 54 heavy (non-hydrogen) atoms. The predicted molar refractivity (Wildman–Crippen MR) is 216 cm³/mol. The summed E-state index contributed by atoms with van der Waals surface area (Å²) in [4.78, 5) is 38.9. The van der Waals surface area contributed by atoms with Gasteiger partial charge in [0.05, 0.1) is 66.3 Å². The van der Waals surface area contributed by atoms with Crippen molar-refractivity contribution in [1.29, 1.82) is 0 Å². The highest BCUT2D eigenvalue weighted by atomic mass is 15.6. The maximum atomic E-state index is 5.48. The molecule has 276 valence electrons. The summed E-state index contributed by atoms with van der Waals surface area (Å²) in [6.45, 7) is 27.2. The van der Waals surface area contributed by atoms with Crippen LogP contribution in [0.15, 0.2) is 72.8 Å². The molecule has 0 fully saturated rings. The maximum Gasteiger partial charge on any atom is 0.239 e. The van der Waals surface area contributed by atoms with Gasteiger partial charge < -0.3 is 13.7 Å². The lowest BCUT2D eigenvalue weighted by atomic mass is 9.82. The van der Waals surface area contributed by atoms with Gasteiger partial charge in [-0.1, -0.05) is 36.4 Å². The Morgan fingerprint density at radius 3 is 0.815 bits per heavy atom. The van der Waals surface area contributed by atoms with Crippen LogP contribution in [0.3, 0.4) is 0 Å². The Morgan fingerprint density at radius 2 is 0.556 bits per heavy atom. The molecule has 7 aromatic rings. The fourth-order valence-electron chi connectivity index (χ4n) is 9.20. The number of para-hydroxylation sites is 6. The fraction of sp³-hybridized carbons (Fsp3) is 0.429. The largest absolute Gasteiger partial charge is 0.302 e. The van der Waals surface area contributed by atoms with Gasteiger partial charge in [0, 0.05) is 0 Å². The Hall–Kier alpha value is -5.52. The van der Waals surface area contributed by atoms with Gasteiger partial charge in [0.2, 0.25) is 35.7 Å². The SMILES string of the molecule is CC1(C)N(c2nc(N3c4nc5ccccc5n4C(C)(C)C3(C)C)nc(N3c4nc5ccccc5n4C(C)(C)C3(C)C)n2)c2nc3ccccc3n2C1(C)C. The third-order valence-electron chi connectivity index (χ3n) is 14.3. The van der Waals surface area contributed by atoms with E-state index in [9.17, 15) is 0 Å². The number of hydrogen-bond acceptors (Lipinski definition) is 9. The van der Waals surface area contributed by atoms with Crippen LogP contribution < -0.4 is 14.7 Å². The van der Waals surface area contributed by atoms with Crippen LogP contribution in [0.5, 0.6) is 0 Å². The second kappa shape index (κ2) is 9.77. The van der Waals surface area contributed by atoms with Gasteiger partial charge in [-0.3, -0.25) is 14.7 Å². The molecule has 7 heterocycles. The van der Waals surface area contributed by atoms with E-state index >= 15 is 0 Å². The zero-order valence-electron chi connectivity index (χ0n) is 33.3. The number of imidazole rings is 3. The van der Waals surface area contributed by atoms with E-state index < -0.39 is 16.6 Å². The Labute approximate surface area is 315 Å². The first-order valence-electron chi connectivity index (χ1n) is 18.9. The molecule has 3 aliphatic rings. The minimum atomic E-state index is -0.491. The first-order chi connectivity index (χ1) is 25.3. The molecule has 0 saturated carbocycles. The smallest absolute Gasteiger partial charge is 0.239 e. The van der Waals surface area contributed by atoms with Crippen molar-refractivity contribution < 1.29 is 0 Å². The highest BCUT2D eigenvalue weighted by Crippen LogP contribution is 2.56. The van der Waals surface area contributed by atoms with Crippen molar-refractivity contribution >= 4 is 68.8 Å². The average Bonchev–Trinajstić information content (AvgIpc) is 3.86. The summed E-state index contributed by atoms with van der Waals surface area (Å²) in [6.07, 6.45) is 0. The molecule has 0 aliphatic carbocycles. The zero-order chi connectivity index (χ0) is 38.1. The molecule has 0 unspecified atom stereocenters. The van der Waals surface area contributed by atoms with E-state index in [1.54, 1.807) is 0 Å². The summed E-state index contributed by atoms with van der Waals surface area (Å²) in [5.74, 6) is 3.97. The van der Waals surface area contributed by atoms with Crippen LogP contribution in [0.25, 0.3) is 33.1 Å². The molecule has 0 amide bonds. The Kier molecular flexibility index (Phi) is 5.98. The first-order valence-corrected chi connectivity index (χ1v) is 18.9. The minimum absolute atomic E-state index is 0.378. The molecule has 0 spiro atoms. The average molecular weight is 721 g/mol. The molecule has 0 saturated heterocycles. The molecule has 0 bridgehead atoms. The number of nitrogens with zero attached hydrogens (tertiary/aromatic N) is 12. The molecule has 3 aliphatic heterocycles. The summed E-state index contributed by atoms with van der Waals surface area (Å²) < 4.78 is 7.03. The zero-order valence-corrected chi connectivity index (χ0v) is 33.3. The lowest BCUT2D eigenvalue weighted by molar-refractivity contribution is 0.247. The number of benzene rings is 3. The van der Waals surface area contributed by atoms with Crippen LogP contribution in [0.4, 0.5) is 35.7 Å². The molecule has 12 heteroatoms. The minimum Gasteiger partial charge on any atom is -0.302 e. The molecule has 10 rings (SSSR count). The molecule has 3 aromatic carbocycles. The van der Waals surface area contributed by atoms with Gasteiger partial charge in [-0.05, 0) is 119 Å². The van der Waals surface area contributed by atoms with Gasteiger partial charge in [-0.15, -0.1) is 0 Å². The van der Waals surface area contributed by atoms with Gasteiger partial charge >= 0.3 is 0 Å². The monoisotopic (exact) mass is 720 g/mol. The van der Waals surface area contributed by atoms with Crippen LogP contribution in [0.2, 0.25) is 0 Å². The van der Waals surface area contributed by atoms with Crippen molar-refractivity contribution in [3.05, 3.63) is 72.8 Å². The van der Waals surface area contributed by atoms with Crippen molar-refractivity contribution in [2.45, 2.75) is 116 Å². The van der Waals surface area contributed by atoms with Crippen molar-refractivity contribution in [2.75, 3.05) is 14.7 Å². The van der Waals surface area contributed by atoms with Crippen molar-refractivity contribution in [1.82, 2.24) is 43.6 Å². The number of rotatable bonds is 3. The van der Waals surface area contributed by atoms with E-state index in [0.29, 0.717) is 17.8 Å². The number of fused-ring (bicyclic) bond motifs is 9. The maximum absolute atomic E-state index is 5.48. The van der Waals surface area contributed by atoms with Crippen LogP contribution in [0.1, 0.15) is 83.1 Å². The lowest BCUT2D eigenvalue weighted by Gasteiger charge is -2.43. The Bertz CT molecular complexity index is 2410. The van der Waals surface area contributed by atoms with Crippen molar-refractivity contribution in [3.8, 4) is 0 Å². The van der Waals surface area contributed by atoms with Gasteiger partial charge in [0.1, 0.15) is 0 Å². The molecule has 12 nitrogen and oxygen atoms in total. The fourth-order valence-corrected chi connectivity index (χ4v) is 9.20. The van der Waals surface area contributed by atoms with E-state index in [1.807, 2.05) is 18.2 Å². The summed E-state index contributed by atoms with van der Waals surface area (Å²) in [7, 11) is 0. The topological polar surface area (TPSA) is 102 Å². The first kappa shape index (κ1) is 33.1. The summed E-state index contributed by atoms with van der Waals surface area (Å²) in [5.41, 5.74) is 3.43. The Balaban J connectivity index is 1.28. The molecule has 0 atom stereocenters. The predicted octanol–water partition coefficient (Wildman–Crippen LogP) is 8.92. The van der Waals surface area contributed by atoms with Crippen LogP contribution >= 0.6 is 0 Å².